The van der Waals surface area contributed by atoms with E-state index in [4.69, 9.17) is 9.97 Å². The zero-order valence-electron chi connectivity index (χ0n) is 29.0. The van der Waals surface area contributed by atoms with Gasteiger partial charge in [0.05, 0.1) is 16.7 Å². The number of fused-ring (bicyclic) bond motifs is 15. The van der Waals surface area contributed by atoms with E-state index in [2.05, 4.69) is 180 Å². The third-order valence-corrected chi connectivity index (χ3v) is 12.3. The van der Waals surface area contributed by atoms with Crippen molar-refractivity contribution in [3.8, 4) is 28.3 Å². The van der Waals surface area contributed by atoms with Crippen molar-refractivity contribution in [1.29, 1.82) is 0 Å². The molecule has 4 heteroatoms. The van der Waals surface area contributed by atoms with Crippen LogP contribution in [0.25, 0.3) is 114 Å². The molecule has 0 saturated carbocycles. The molecule has 12 rings (SSSR count). The van der Waals surface area contributed by atoms with Crippen LogP contribution in [0.4, 0.5) is 0 Å². The summed E-state index contributed by atoms with van der Waals surface area (Å²) in [6, 6.07) is 63.6. The second kappa shape index (κ2) is 11.3. The van der Waals surface area contributed by atoms with Crippen LogP contribution in [0.3, 0.4) is 0 Å². The maximum Gasteiger partial charge on any atom is 0.236 e. The Kier molecular flexibility index (Phi) is 6.21. The molecular weight excluding hydrogens is 675 g/mol. The van der Waals surface area contributed by atoms with Gasteiger partial charge in [0, 0.05) is 42.6 Å². The normalized spacial score (nSPS) is 12.1. The lowest BCUT2D eigenvalue weighted by molar-refractivity contribution is 1.02. The molecule has 0 atom stereocenters. The number of hydrogen-bond acceptors (Lipinski definition) is 3. The minimum Gasteiger partial charge on any atom is -0.277 e. The lowest BCUT2D eigenvalue weighted by Gasteiger charge is -2.13. The van der Waals surface area contributed by atoms with Crippen LogP contribution in [0.5, 0.6) is 0 Å². The van der Waals surface area contributed by atoms with Gasteiger partial charge < -0.3 is 0 Å². The van der Waals surface area contributed by atoms with Gasteiger partial charge in [-0.25, -0.2) is 9.97 Å². The van der Waals surface area contributed by atoms with Gasteiger partial charge in [0.25, 0.3) is 0 Å². The van der Waals surface area contributed by atoms with Gasteiger partial charge in [-0.2, -0.15) is 0 Å². The van der Waals surface area contributed by atoms with E-state index in [9.17, 15) is 0 Å². The molecule has 12 aromatic rings. The summed E-state index contributed by atoms with van der Waals surface area (Å²) in [6.45, 7) is 0. The molecule has 0 aliphatic rings. The zero-order valence-corrected chi connectivity index (χ0v) is 29.8. The van der Waals surface area contributed by atoms with Crippen molar-refractivity contribution in [2.24, 2.45) is 0 Å². The maximum atomic E-state index is 5.63. The van der Waals surface area contributed by atoms with Crippen LogP contribution in [-0.2, 0) is 0 Å². The standard InChI is InChI=1S/C50H29N3S/c1-2-13-30(14-3-1)32-16-12-17-33(29-32)47-46-40-23-10-11-24-43(40)54-49(46)52-50(51-47)53-42-28-27-39-37-21-7-6-19-35(37)36-20-8-9-22-38(36)44(39)45(42)41-26-25-31-15-4-5-18-34(31)48(41)53/h1-29H. The third-order valence-electron chi connectivity index (χ3n) is 11.2. The highest BCUT2D eigenvalue weighted by Crippen LogP contribution is 2.46. The molecule has 0 aliphatic carbocycles. The van der Waals surface area contributed by atoms with Crippen LogP contribution in [0.15, 0.2) is 176 Å². The fourth-order valence-corrected chi connectivity index (χ4v) is 9.94. The van der Waals surface area contributed by atoms with Crippen molar-refractivity contribution in [2.75, 3.05) is 0 Å². The van der Waals surface area contributed by atoms with Crippen LogP contribution in [0.1, 0.15) is 0 Å². The molecule has 3 heterocycles. The van der Waals surface area contributed by atoms with Gasteiger partial charge in [0.15, 0.2) is 0 Å². The minimum atomic E-state index is 0.676. The van der Waals surface area contributed by atoms with Crippen LogP contribution >= 0.6 is 11.3 Å². The molecule has 0 saturated heterocycles. The third kappa shape index (κ3) is 4.17. The molecule has 250 valence electrons. The summed E-state index contributed by atoms with van der Waals surface area (Å²) in [4.78, 5) is 12.1. The van der Waals surface area contributed by atoms with Crippen LogP contribution in [-0.4, -0.2) is 14.5 Å². The second-order valence-electron chi connectivity index (χ2n) is 14.1. The van der Waals surface area contributed by atoms with E-state index in [-0.39, 0.29) is 0 Å². The highest BCUT2D eigenvalue weighted by atomic mass is 32.1. The van der Waals surface area contributed by atoms with Crippen molar-refractivity contribution in [3.05, 3.63) is 176 Å². The largest absolute Gasteiger partial charge is 0.277 e. The predicted octanol–water partition coefficient (Wildman–Crippen LogP) is 13.9. The summed E-state index contributed by atoms with van der Waals surface area (Å²) in [5.41, 5.74) is 6.57. The number of hydrogen-bond donors (Lipinski definition) is 0. The molecule has 3 aromatic heterocycles. The summed E-state index contributed by atoms with van der Waals surface area (Å²) in [5, 5.41) is 14.6. The molecule has 0 amide bonds. The number of rotatable bonds is 3. The number of aromatic nitrogens is 3. The number of nitrogens with zero attached hydrogens (tertiary/aromatic N) is 3. The molecule has 3 nitrogen and oxygen atoms in total. The molecule has 0 bridgehead atoms. The summed E-state index contributed by atoms with van der Waals surface area (Å²) in [7, 11) is 0. The smallest absolute Gasteiger partial charge is 0.236 e. The van der Waals surface area contributed by atoms with Gasteiger partial charge >= 0.3 is 0 Å². The van der Waals surface area contributed by atoms with Crippen molar-refractivity contribution in [3.63, 3.8) is 0 Å². The molecule has 54 heavy (non-hydrogen) atoms. The van der Waals surface area contributed by atoms with Gasteiger partial charge in [0.2, 0.25) is 5.95 Å². The average Bonchev–Trinajstić information content (AvgIpc) is 3.80. The minimum absolute atomic E-state index is 0.676. The molecule has 9 aromatic carbocycles. The fourth-order valence-electron chi connectivity index (χ4n) is 8.87. The Morgan fingerprint density at radius 3 is 1.81 bits per heavy atom. The number of thiophene rings is 1. The molecule has 0 unspecified atom stereocenters. The Morgan fingerprint density at radius 1 is 0.389 bits per heavy atom. The highest BCUT2D eigenvalue weighted by molar-refractivity contribution is 7.25. The SMILES string of the molecule is c1ccc(-c2cccc(-c3nc(-n4c5ccc6c7ccccc7c7ccccc7c6c5c5ccc6ccccc6c54)nc4sc5ccccc5c34)c2)cc1. The molecule has 0 radical (unpaired) electrons. The first kappa shape index (κ1) is 29.7. The van der Waals surface area contributed by atoms with E-state index >= 15 is 0 Å². The Balaban J connectivity index is 1.26. The average molecular weight is 704 g/mol. The van der Waals surface area contributed by atoms with Crippen LogP contribution in [0.2, 0.25) is 0 Å². The van der Waals surface area contributed by atoms with Crippen LogP contribution in [0, 0.1) is 0 Å². The van der Waals surface area contributed by atoms with E-state index in [1.807, 2.05) is 0 Å². The van der Waals surface area contributed by atoms with Crippen molar-refractivity contribution in [2.45, 2.75) is 0 Å². The first-order valence-corrected chi connectivity index (χ1v) is 19.2. The van der Waals surface area contributed by atoms with Crippen molar-refractivity contribution < 1.29 is 0 Å². The summed E-state index contributed by atoms with van der Waals surface area (Å²) >= 11 is 1.74. The molecule has 0 N–H and O–H groups in total. The first-order valence-electron chi connectivity index (χ1n) is 18.3. The zero-order chi connectivity index (χ0) is 35.3. The molecule has 0 spiro atoms. The van der Waals surface area contributed by atoms with E-state index in [1.165, 1.54) is 69.5 Å². The van der Waals surface area contributed by atoms with Gasteiger partial charge in [-0.1, -0.05) is 158 Å². The quantitative estimate of drug-likeness (QED) is 0.172. The molecular formula is C50H29N3S. The Labute approximate surface area is 314 Å². The summed E-state index contributed by atoms with van der Waals surface area (Å²) < 4.78 is 3.54. The highest BCUT2D eigenvalue weighted by Gasteiger charge is 2.23. The van der Waals surface area contributed by atoms with Crippen LogP contribution < -0.4 is 0 Å². The predicted molar refractivity (Wildman–Crippen MR) is 230 cm³/mol. The lowest BCUT2D eigenvalue weighted by atomic mass is 9.91. The van der Waals surface area contributed by atoms with E-state index < -0.39 is 0 Å². The second-order valence-corrected chi connectivity index (χ2v) is 15.1. The Morgan fingerprint density at radius 2 is 1.00 bits per heavy atom. The first-order chi connectivity index (χ1) is 26.8. The molecule has 0 aliphatic heterocycles. The Bertz CT molecular complexity index is 3470. The Hall–Kier alpha value is -6.88. The maximum absolute atomic E-state index is 5.63. The monoisotopic (exact) mass is 703 g/mol. The van der Waals surface area contributed by atoms with E-state index in [0.29, 0.717) is 5.95 Å². The lowest BCUT2D eigenvalue weighted by Crippen LogP contribution is -2.03. The van der Waals surface area contributed by atoms with Crippen molar-refractivity contribution in [1.82, 2.24) is 14.5 Å². The molecule has 0 fully saturated rings. The van der Waals surface area contributed by atoms with E-state index in [0.717, 1.165) is 38.1 Å². The summed E-state index contributed by atoms with van der Waals surface area (Å²) in [6.07, 6.45) is 0. The van der Waals surface area contributed by atoms with Crippen molar-refractivity contribution >= 4 is 96.5 Å². The number of benzene rings is 9. The topological polar surface area (TPSA) is 30.7 Å². The van der Waals surface area contributed by atoms with E-state index in [1.54, 1.807) is 11.3 Å². The van der Waals surface area contributed by atoms with Gasteiger partial charge in [-0.3, -0.25) is 4.57 Å². The summed E-state index contributed by atoms with van der Waals surface area (Å²) in [5.74, 6) is 0.676. The fraction of sp³-hybridized carbons (Fsp3) is 0. The van der Waals surface area contributed by atoms with Gasteiger partial charge in [-0.05, 0) is 61.6 Å². The van der Waals surface area contributed by atoms with Gasteiger partial charge in [-0.15, -0.1) is 11.3 Å². The van der Waals surface area contributed by atoms with Gasteiger partial charge in [0.1, 0.15) is 4.83 Å².